The first-order valence-corrected chi connectivity index (χ1v) is 8.29. The first kappa shape index (κ1) is 16.9. The highest BCUT2D eigenvalue weighted by molar-refractivity contribution is 14.1. The molecule has 22 heavy (non-hydrogen) atoms. The minimum atomic E-state index is -0.982. The fourth-order valence-corrected chi connectivity index (χ4v) is 2.14. The maximum absolute atomic E-state index is 13.4. The number of esters is 1. The zero-order chi connectivity index (χ0) is 16.3. The van der Waals surface area contributed by atoms with E-state index in [0.717, 1.165) is 12.1 Å². The summed E-state index contributed by atoms with van der Waals surface area (Å²) in [6.07, 6.45) is 1.70. The number of carbonyl (C=O) groups is 1. The zero-order valence-corrected chi connectivity index (χ0v) is 14.3. The summed E-state index contributed by atoms with van der Waals surface area (Å²) in [5.74, 6) is -2.45. The molecule has 0 aliphatic rings. The Hall–Kier alpha value is -1.51. The summed E-state index contributed by atoms with van der Waals surface area (Å²) in [5, 5.41) is 0. The van der Waals surface area contributed by atoms with E-state index in [0.29, 0.717) is 22.2 Å². The molecule has 0 fully saturated rings. The van der Waals surface area contributed by atoms with Crippen LogP contribution in [0.2, 0.25) is 0 Å². The van der Waals surface area contributed by atoms with Crippen LogP contribution in [0.3, 0.4) is 0 Å². The smallest absolute Gasteiger partial charge is 0.357 e. The van der Waals surface area contributed by atoms with Crippen molar-refractivity contribution in [1.82, 2.24) is 9.55 Å². The van der Waals surface area contributed by atoms with Gasteiger partial charge in [0.15, 0.2) is 17.3 Å². The summed E-state index contributed by atoms with van der Waals surface area (Å²) in [4.78, 5) is 16.5. The SMILES string of the molecule is CCc1ncn(-c2ccc(F)c(F)c2)c1C(=O)OC(C)CI. The Morgan fingerprint density at radius 1 is 1.41 bits per heavy atom. The number of hydrogen-bond donors (Lipinski definition) is 0. The van der Waals surface area contributed by atoms with Crippen molar-refractivity contribution in [3.63, 3.8) is 0 Å². The molecule has 0 bridgehead atoms. The highest BCUT2D eigenvalue weighted by Gasteiger charge is 2.22. The van der Waals surface area contributed by atoms with Crippen molar-refractivity contribution in [3.8, 4) is 5.69 Å². The quantitative estimate of drug-likeness (QED) is 0.421. The average molecular weight is 420 g/mol. The van der Waals surface area contributed by atoms with Gasteiger partial charge in [-0.1, -0.05) is 29.5 Å². The molecule has 2 aromatic rings. The van der Waals surface area contributed by atoms with Crippen LogP contribution >= 0.6 is 22.6 Å². The molecule has 1 unspecified atom stereocenters. The van der Waals surface area contributed by atoms with Crippen LogP contribution in [0, 0.1) is 11.6 Å². The first-order valence-electron chi connectivity index (χ1n) is 6.76. The summed E-state index contributed by atoms with van der Waals surface area (Å²) in [7, 11) is 0. The van der Waals surface area contributed by atoms with Gasteiger partial charge in [-0.25, -0.2) is 18.6 Å². The highest BCUT2D eigenvalue weighted by atomic mass is 127. The van der Waals surface area contributed by atoms with Gasteiger partial charge < -0.3 is 4.74 Å². The van der Waals surface area contributed by atoms with Crippen LogP contribution < -0.4 is 0 Å². The molecule has 1 aromatic heterocycles. The number of ether oxygens (including phenoxy) is 1. The maximum Gasteiger partial charge on any atom is 0.357 e. The largest absolute Gasteiger partial charge is 0.457 e. The van der Waals surface area contributed by atoms with Crippen LogP contribution in [0.1, 0.15) is 30.0 Å². The molecule has 0 saturated heterocycles. The number of alkyl halides is 1. The van der Waals surface area contributed by atoms with Crippen LogP contribution in [-0.2, 0) is 11.2 Å². The van der Waals surface area contributed by atoms with Crippen molar-refractivity contribution < 1.29 is 18.3 Å². The Kier molecular flexibility index (Phi) is 5.49. The molecule has 0 radical (unpaired) electrons. The summed E-state index contributed by atoms with van der Waals surface area (Å²) in [6.45, 7) is 3.64. The zero-order valence-electron chi connectivity index (χ0n) is 12.1. The van der Waals surface area contributed by atoms with E-state index in [1.165, 1.54) is 17.0 Å². The van der Waals surface area contributed by atoms with E-state index in [1.807, 2.05) is 6.92 Å². The Bertz CT molecular complexity index is 688. The van der Waals surface area contributed by atoms with Gasteiger partial charge in [-0.15, -0.1) is 0 Å². The number of halogens is 3. The number of nitrogens with zero attached hydrogens (tertiary/aromatic N) is 2. The molecular weight excluding hydrogens is 405 g/mol. The van der Waals surface area contributed by atoms with Gasteiger partial charge in [0.25, 0.3) is 0 Å². The summed E-state index contributed by atoms with van der Waals surface area (Å²) < 4.78 is 33.9. The lowest BCUT2D eigenvalue weighted by Gasteiger charge is -2.13. The fraction of sp³-hybridized carbons (Fsp3) is 0.333. The van der Waals surface area contributed by atoms with Crippen LogP contribution in [0.25, 0.3) is 5.69 Å². The Morgan fingerprint density at radius 3 is 2.73 bits per heavy atom. The molecule has 4 nitrogen and oxygen atoms in total. The Morgan fingerprint density at radius 2 is 2.14 bits per heavy atom. The second-order valence-electron chi connectivity index (χ2n) is 4.73. The monoisotopic (exact) mass is 420 g/mol. The summed E-state index contributed by atoms with van der Waals surface area (Å²) in [6, 6.07) is 3.42. The van der Waals surface area contributed by atoms with Crippen molar-refractivity contribution in [2.45, 2.75) is 26.4 Å². The molecule has 1 aromatic carbocycles. The van der Waals surface area contributed by atoms with Gasteiger partial charge in [0.1, 0.15) is 12.4 Å². The molecule has 1 atom stereocenters. The van der Waals surface area contributed by atoms with Crippen molar-refractivity contribution in [2.75, 3.05) is 4.43 Å². The lowest BCUT2D eigenvalue weighted by atomic mass is 10.2. The van der Waals surface area contributed by atoms with E-state index >= 15 is 0 Å². The summed E-state index contributed by atoms with van der Waals surface area (Å²) in [5.41, 5.74) is 1.11. The minimum Gasteiger partial charge on any atom is -0.457 e. The topological polar surface area (TPSA) is 44.1 Å². The number of carbonyl (C=O) groups excluding carboxylic acids is 1. The number of hydrogen-bond acceptors (Lipinski definition) is 3. The predicted octanol–water partition coefficient (Wildman–Crippen LogP) is 3.69. The predicted molar refractivity (Wildman–Crippen MR) is 86.6 cm³/mol. The third kappa shape index (κ3) is 3.45. The third-order valence-corrected chi connectivity index (χ3v) is 4.32. The van der Waals surface area contributed by atoms with Crippen LogP contribution in [0.4, 0.5) is 8.78 Å². The van der Waals surface area contributed by atoms with Gasteiger partial charge in [-0.05, 0) is 25.5 Å². The van der Waals surface area contributed by atoms with Gasteiger partial charge in [0.2, 0.25) is 0 Å². The molecule has 0 aliphatic carbocycles. The van der Waals surface area contributed by atoms with Crippen LogP contribution in [0.5, 0.6) is 0 Å². The maximum atomic E-state index is 13.4. The molecule has 0 saturated carbocycles. The van der Waals surface area contributed by atoms with Crippen molar-refractivity contribution in [3.05, 3.63) is 47.5 Å². The van der Waals surface area contributed by atoms with Crippen molar-refractivity contribution in [1.29, 1.82) is 0 Å². The van der Waals surface area contributed by atoms with Crippen LogP contribution in [0.15, 0.2) is 24.5 Å². The van der Waals surface area contributed by atoms with Gasteiger partial charge in [0.05, 0.1) is 11.4 Å². The molecule has 118 valence electrons. The molecule has 0 amide bonds. The van der Waals surface area contributed by atoms with E-state index in [2.05, 4.69) is 27.6 Å². The highest BCUT2D eigenvalue weighted by Crippen LogP contribution is 2.19. The fourth-order valence-electron chi connectivity index (χ4n) is 1.96. The second kappa shape index (κ2) is 7.17. The molecule has 1 heterocycles. The number of benzene rings is 1. The molecular formula is C15H15F2IN2O2. The molecule has 7 heteroatoms. The van der Waals surface area contributed by atoms with Crippen molar-refractivity contribution in [2.24, 2.45) is 0 Å². The first-order chi connectivity index (χ1) is 10.5. The molecule has 0 N–H and O–H groups in total. The number of aromatic nitrogens is 2. The molecule has 0 aliphatic heterocycles. The Labute approximate surface area is 140 Å². The second-order valence-corrected chi connectivity index (χ2v) is 5.61. The van der Waals surface area contributed by atoms with Crippen LogP contribution in [-0.4, -0.2) is 26.1 Å². The minimum absolute atomic E-state index is 0.241. The van der Waals surface area contributed by atoms with E-state index < -0.39 is 17.6 Å². The van der Waals surface area contributed by atoms with Crippen molar-refractivity contribution >= 4 is 28.6 Å². The van der Waals surface area contributed by atoms with Gasteiger partial charge in [0, 0.05) is 10.5 Å². The molecule has 0 spiro atoms. The van der Waals surface area contributed by atoms with Gasteiger partial charge in [-0.2, -0.15) is 0 Å². The summed E-state index contributed by atoms with van der Waals surface area (Å²) >= 11 is 2.12. The average Bonchev–Trinajstić information content (AvgIpc) is 2.93. The van der Waals surface area contributed by atoms with E-state index in [9.17, 15) is 13.6 Å². The molecule has 2 rings (SSSR count). The third-order valence-electron chi connectivity index (χ3n) is 3.08. The number of rotatable bonds is 5. The Balaban J connectivity index is 2.46. The lowest BCUT2D eigenvalue weighted by Crippen LogP contribution is -2.19. The normalized spacial score (nSPS) is 12.2. The lowest BCUT2D eigenvalue weighted by molar-refractivity contribution is 0.0380. The standard InChI is InChI=1S/C15H15F2IN2O2/c1-3-13-14(15(21)22-9(2)7-18)20(8-19-13)10-4-5-11(16)12(17)6-10/h4-6,8-9H,3,7H2,1-2H3. The van der Waals surface area contributed by atoms with E-state index in [-0.39, 0.29) is 11.8 Å². The van der Waals surface area contributed by atoms with E-state index in [4.69, 9.17) is 4.74 Å². The van der Waals surface area contributed by atoms with Gasteiger partial charge >= 0.3 is 5.97 Å². The van der Waals surface area contributed by atoms with E-state index in [1.54, 1.807) is 6.92 Å². The van der Waals surface area contributed by atoms with Gasteiger partial charge in [-0.3, -0.25) is 4.57 Å². The number of imidazole rings is 1. The number of aryl methyl sites for hydroxylation is 1.